The maximum absolute atomic E-state index is 12.7. The van der Waals surface area contributed by atoms with Crippen LogP contribution in [0.2, 0.25) is 0 Å². The molecule has 0 saturated heterocycles. The lowest BCUT2D eigenvalue weighted by Gasteiger charge is -2.12. The van der Waals surface area contributed by atoms with Crippen molar-refractivity contribution in [2.24, 2.45) is 0 Å². The maximum atomic E-state index is 12.7. The van der Waals surface area contributed by atoms with Gasteiger partial charge in [0.15, 0.2) is 0 Å². The molecule has 2 aromatic rings. The minimum Gasteiger partial charge on any atom is -0.461 e. The molecule has 0 amide bonds. The summed E-state index contributed by atoms with van der Waals surface area (Å²) >= 11 is 0. The number of benzene rings is 1. The van der Waals surface area contributed by atoms with Crippen molar-refractivity contribution in [1.82, 2.24) is 4.98 Å². The van der Waals surface area contributed by atoms with Gasteiger partial charge in [-0.2, -0.15) is 0 Å². The van der Waals surface area contributed by atoms with Crippen molar-refractivity contribution in [3.8, 4) is 16.9 Å². The minimum absolute atomic E-state index is 0.359. The highest BCUT2D eigenvalue weighted by atomic mass is 19.1. The van der Waals surface area contributed by atoms with Gasteiger partial charge in [0.1, 0.15) is 5.75 Å². The van der Waals surface area contributed by atoms with Crippen molar-refractivity contribution in [3.05, 3.63) is 48.3 Å². The van der Waals surface area contributed by atoms with Crippen molar-refractivity contribution in [3.63, 3.8) is 0 Å². The van der Waals surface area contributed by atoms with Gasteiger partial charge in [0.2, 0.25) is 6.36 Å². The molecular formula is C16H18FNO. The monoisotopic (exact) mass is 259 g/mol. The van der Waals surface area contributed by atoms with E-state index in [1.807, 2.05) is 18.2 Å². The Labute approximate surface area is 113 Å². The third kappa shape index (κ3) is 3.31. The Balaban J connectivity index is 2.32. The molecule has 0 bridgehead atoms. The fraction of sp³-hybridized carbons (Fsp3) is 0.312. The topological polar surface area (TPSA) is 22.1 Å². The Hall–Kier alpha value is -1.90. The normalized spacial score (nSPS) is 12.5. The van der Waals surface area contributed by atoms with Gasteiger partial charge in [-0.1, -0.05) is 32.0 Å². The summed E-state index contributed by atoms with van der Waals surface area (Å²) in [5, 5.41) is 0. The summed E-state index contributed by atoms with van der Waals surface area (Å²) in [6, 6.07) is 11.4. The van der Waals surface area contributed by atoms with Crippen LogP contribution in [0.15, 0.2) is 42.6 Å². The molecule has 1 aromatic carbocycles. The number of hydrogen-bond acceptors (Lipinski definition) is 2. The van der Waals surface area contributed by atoms with E-state index in [9.17, 15) is 4.39 Å². The maximum Gasteiger partial charge on any atom is 0.235 e. The standard InChI is InChI=1S/C16H18FNO/c1-11(2)16-15(5-4-10-18-16)13-6-8-14(9-7-13)19-12(3)17/h4-12H,1-3H3. The fourth-order valence-electron chi connectivity index (χ4n) is 2.02. The van der Waals surface area contributed by atoms with Gasteiger partial charge < -0.3 is 4.74 Å². The number of nitrogens with zero attached hydrogens (tertiary/aromatic N) is 1. The Morgan fingerprint density at radius 1 is 1.05 bits per heavy atom. The zero-order valence-electron chi connectivity index (χ0n) is 11.4. The molecule has 0 spiro atoms. The Morgan fingerprint density at radius 2 is 1.74 bits per heavy atom. The highest BCUT2D eigenvalue weighted by Gasteiger charge is 2.09. The second-order valence-electron chi connectivity index (χ2n) is 4.78. The van der Waals surface area contributed by atoms with Gasteiger partial charge in [0.05, 0.1) is 5.69 Å². The predicted molar refractivity (Wildman–Crippen MR) is 75.0 cm³/mol. The molecule has 0 N–H and O–H groups in total. The Bertz CT molecular complexity index is 535. The summed E-state index contributed by atoms with van der Waals surface area (Å²) in [6.07, 6.45) is 0.511. The molecule has 2 rings (SSSR count). The second kappa shape index (κ2) is 5.83. The van der Waals surface area contributed by atoms with Crippen LogP contribution in [0.4, 0.5) is 4.39 Å². The van der Waals surface area contributed by atoms with Crippen LogP contribution >= 0.6 is 0 Å². The molecule has 19 heavy (non-hydrogen) atoms. The first-order valence-corrected chi connectivity index (χ1v) is 6.44. The molecule has 3 heteroatoms. The van der Waals surface area contributed by atoms with Gasteiger partial charge in [0.25, 0.3) is 0 Å². The van der Waals surface area contributed by atoms with E-state index in [1.165, 1.54) is 6.92 Å². The molecular weight excluding hydrogens is 241 g/mol. The second-order valence-corrected chi connectivity index (χ2v) is 4.78. The summed E-state index contributed by atoms with van der Waals surface area (Å²) in [4.78, 5) is 4.43. The van der Waals surface area contributed by atoms with E-state index in [4.69, 9.17) is 4.74 Å². The molecule has 0 fully saturated rings. The first kappa shape index (κ1) is 13.5. The van der Waals surface area contributed by atoms with E-state index in [2.05, 4.69) is 24.9 Å². The summed E-state index contributed by atoms with van der Waals surface area (Å²) in [5.41, 5.74) is 3.24. The number of rotatable bonds is 4. The van der Waals surface area contributed by atoms with Crippen LogP contribution in [0, 0.1) is 0 Å². The van der Waals surface area contributed by atoms with Gasteiger partial charge in [-0.25, -0.2) is 4.39 Å². The van der Waals surface area contributed by atoms with Crippen LogP contribution < -0.4 is 4.74 Å². The zero-order valence-corrected chi connectivity index (χ0v) is 11.4. The Morgan fingerprint density at radius 3 is 2.32 bits per heavy atom. The number of ether oxygens (including phenoxy) is 1. The Kier molecular flexibility index (Phi) is 4.15. The van der Waals surface area contributed by atoms with E-state index in [-0.39, 0.29) is 0 Å². The lowest BCUT2D eigenvalue weighted by Crippen LogP contribution is -2.03. The molecule has 100 valence electrons. The quantitative estimate of drug-likeness (QED) is 0.802. The largest absolute Gasteiger partial charge is 0.461 e. The van der Waals surface area contributed by atoms with E-state index in [0.717, 1.165) is 16.8 Å². The molecule has 1 heterocycles. The van der Waals surface area contributed by atoms with Crippen LogP contribution in [0.1, 0.15) is 32.4 Å². The van der Waals surface area contributed by atoms with E-state index >= 15 is 0 Å². The third-order valence-electron chi connectivity index (χ3n) is 2.85. The molecule has 0 aliphatic heterocycles. The van der Waals surface area contributed by atoms with Crippen molar-refractivity contribution in [2.75, 3.05) is 0 Å². The molecule has 0 saturated carbocycles. The van der Waals surface area contributed by atoms with Gasteiger partial charge in [0, 0.05) is 18.7 Å². The highest BCUT2D eigenvalue weighted by molar-refractivity contribution is 5.67. The number of pyridine rings is 1. The summed E-state index contributed by atoms with van der Waals surface area (Å²) in [7, 11) is 0. The number of halogens is 1. The molecule has 1 unspecified atom stereocenters. The van der Waals surface area contributed by atoms with Crippen LogP contribution in [0.3, 0.4) is 0 Å². The van der Waals surface area contributed by atoms with Gasteiger partial charge in [-0.05, 0) is 29.7 Å². The first-order valence-electron chi connectivity index (χ1n) is 6.44. The zero-order chi connectivity index (χ0) is 13.8. The molecule has 2 nitrogen and oxygen atoms in total. The van der Waals surface area contributed by atoms with Crippen LogP contribution in [0.25, 0.3) is 11.1 Å². The van der Waals surface area contributed by atoms with Crippen LogP contribution in [-0.2, 0) is 0 Å². The number of hydrogen-bond donors (Lipinski definition) is 0. The lowest BCUT2D eigenvalue weighted by atomic mass is 9.98. The average molecular weight is 259 g/mol. The fourth-order valence-corrected chi connectivity index (χ4v) is 2.02. The van der Waals surface area contributed by atoms with Crippen molar-refractivity contribution in [1.29, 1.82) is 0 Å². The number of alkyl halides is 1. The summed E-state index contributed by atoms with van der Waals surface area (Å²) in [6.45, 7) is 5.61. The van der Waals surface area contributed by atoms with Crippen molar-refractivity contribution in [2.45, 2.75) is 33.0 Å². The van der Waals surface area contributed by atoms with Crippen molar-refractivity contribution < 1.29 is 9.13 Å². The molecule has 0 aliphatic carbocycles. The molecule has 1 atom stereocenters. The van der Waals surface area contributed by atoms with Gasteiger partial charge >= 0.3 is 0 Å². The lowest BCUT2D eigenvalue weighted by molar-refractivity contribution is 0.0861. The van der Waals surface area contributed by atoms with Crippen LogP contribution in [-0.4, -0.2) is 11.3 Å². The number of aromatic nitrogens is 1. The van der Waals surface area contributed by atoms with Gasteiger partial charge in [-0.15, -0.1) is 0 Å². The SMILES string of the molecule is CC(F)Oc1ccc(-c2cccnc2C(C)C)cc1. The average Bonchev–Trinajstić information content (AvgIpc) is 2.39. The summed E-state index contributed by atoms with van der Waals surface area (Å²) < 4.78 is 17.7. The molecule has 1 aromatic heterocycles. The molecule has 0 radical (unpaired) electrons. The van der Waals surface area contributed by atoms with Crippen molar-refractivity contribution >= 4 is 0 Å². The first-order chi connectivity index (χ1) is 9.08. The van der Waals surface area contributed by atoms with Gasteiger partial charge in [-0.3, -0.25) is 4.98 Å². The van der Waals surface area contributed by atoms with E-state index in [0.29, 0.717) is 11.7 Å². The third-order valence-corrected chi connectivity index (χ3v) is 2.85. The predicted octanol–water partition coefficient (Wildman–Crippen LogP) is 4.57. The smallest absolute Gasteiger partial charge is 0.235 e. The highest BCUT2D eigenvalue weighted by Crippen LogP contribution is 2.28. The molecule has 0 aliphatic rings. The van der Waals surface area contributed by atoms with E-state index in [1.54, 1.807) is 18.3 Å². The minimum atomic E-state index is -1.30. The van der Waals surface area contributed by atoms with Crippen LogP contribution in [0.5, 0.6) is 5.75 Å². The summed E-state index contributed by atoms with van der Waals surface area (Å²) in [5.74, 6) is 0.895. The van der Waals surface area contributed by atoms with E-state index < -0.39 is 6.36 Å².